The molecule has 0 aliphatic heterocycles. The molecular weight excluding hydrogens is 228 g/mol. The molecule has 0 atom stereocenters. The van der Waals surface area contributed by atoms with E-state index in [0.717, 1.165) is 18.3 Å². The second-order valence-electron chi connectivity index (χ2n) is 5.02. The Hall–Kier alpha value is -1.65. The quantitative estimate of drug-likeness (QED) is 0.863. The summed E-state index contributed by atoms with van der Waals surface area (Å²) in [7, 11) is 3.41. The molecule has 1 heterocycles. The molecule has 1 aromatic rings. The molecule has 0 aromatic carbocycles. The van der Waals surface area contributed by atoms with Gasteiger partial charge < -0.3 is 10.2 Å². The lowest BCUT2D eigenvalue weighted by atomic mass is 9.83. The number of nitrogens with one attached hydrogen (secondary N) is 1. The standard InChI is InChI=1S/C13H20N4O/c1-17(2)13(18)11-6-7-12(16-15-11)14-9-8-10-4-3-5-10/h6-7,10H,3-5,8-9H2,1-2H3,(H,14,16). The molecule has 0 radical (unpaired) electrons. The van der Waals surface area contributed by atoms with Crippen LogP contribution in [0.2, 0.25) is 0 Å². The van der Waals surface area contributed by atoms with Crippen molar-refractivity contribution in [3.63, 3.8) is 0 Å². The molecule has 5 nitrogen and oxygen atoms in total. The van der Waals surface area contributed by atoms with Gasteiger partial charge in [0.25, 0.3) is 5.91 Å². The van der Waals surface area contributed by atoms with Crippen LogP contribution in [0.15, 0.2) is 12.1 Å². The Morgan fingerprint density at radius 2 is 2.17 bits per heavy atom. The molecule has 0 saturated heterocycles. The van der Waals surface area contributed by atoms with Crippen LogP contribution in [0.25, 0.3) is 0 Å². The number of amides is 1. The fourth-order valence-corrected chi connectivity index (χ4v) is 1.96. The van der Waals surface area contributed by atoms with Crippen molar-refractivity contribution in [2.24, 2.45) is 5.92 Å². The summed E-state index contributed by atoms with van der Waals surface area (Å²) in [6.45, 7) is 0.931. The van der Waals surface area contributed by atoms with Gasteiger partial charge >= 0.3 is 0 Å². The summed E-state index contributed by atoms with van der Waals surface area (Å²) in [6, 6.07) is 3.52. The summed E-state index contributed by atoms with van der Waals surface area (Å²) in [5.74, 6) is 1.51. The topological polar surface area (TPSA) is 58.1 Å². The molecule has 1 N–H and O–H groups in total. The number of aromatic nitrogens is 2. The number of nitrogens with zero attached hydrogens (tertiary/aromatic N) is 3. The number of carbonyl (C=O) groups is 1. The van der Waals surface area contributed by atoms with Gasteiger partial charge in [-0.3, -0.25) is 4.79 Å². The highest BCUT2D eigenvalue weighted by atomic mass is 16.2. The number of hydrogen-bond acceptors (Lipinski definition) is 4. The molecular formula is C13H20N4O. The van der Waals surface area contributed by atoms with E-state index in [0.29, 0.717) is 5.69 Å². The van der Waals surface area contributed by atoms with Crippen molar-refractivity contribution in [1.29, 1.82) is 0 Å². The van der Waals surface area contributed by atoms with E-state index in [9.17, 15) is 4.79 Å². The Morgan fingerprint density at radius 1 is 1.39 bits per heavy atom. The highest BCUT2D eigenvalue weighted by Gasteiger charge is 2.16. The van der Waals surface area contributed by atoms with E-state index in [1.807, 2.05) is 6.07 Å². The predicted octanol–water partition coefficient (Wildman–Crippen LogP) is 1.78. The zero-order valence-corrected chi connectivity index (χ0v) is 11.0. The molecule has 5 heteroatoms. The monoisotopic (exact) mass is 248 g/mol. The van der Waals surface area contributed by atoms with E-state index in [4.69, 9.17) is 0 Å². The first-order chi connectivity index (χ1) is 8.66. The molecule has 1 saturated carbocycles. The van der Waals surface area contributed by atoms with Crippen LogP contribution in [0, 0.1) is 5.92 Å². The van der Waals surface area contributed by atoms with Crippen molar-refractivity contribution < 1.29 is 4.79 Å². The lowest BCUT2D eigenvalue weighted by Crippen LogP contribution is -2.23. The SMILES string of the molecule is CN(C)C(=O)c1ccc(NCCC2CCC2)nn1. The van der Waals surface area contributed by atoms with Gasteiger partial charge in [0.05, 0.1) is 0 Å². The van der Waals surface area contributed by atoms with Gasteiger partial charge in [-0.15, -0.1) is 10.2 Å². The molecule has 1 aromatic heterocycles. The molecule has 1 fully saturated rings. The first-order valence-corrected chi connectivity index (χ1v) is 6.46. The van der Waals surface area contributed by atoms with Gasteiger partial charge in [0.1, 0.15) is 5.82 Å². The van der Waals surface area contributed by atoms with Gasteiger partial charge in [-0.05, 0) is 24.5 Å². The highest BCUT2D eigenvalue weighted by molar-refractivity contribution is 5.91. The van der Waals surface area contributed by atoms with Crippen LogP contribution < -0.4 is 5.32 Å². The number of carbonyl (C=O) groups excluding carboxylic acids is 1. The van der Waals surface area contributed by atoms with Crippen LogP contribution in [0.1, 0.15) is 36.2 Å². The van der Waals surface area contributed by atoms with Gasteiger partial charge in [0.15, 0.2) is 5.69 Å². The van der Waals surface area contributed by atoms with Crippen molar-refractivity contribution >= 4 is 11.7 Å². The lowest BCUT2D eigenvalue weighted by Gasteiger charge is -2.25. The van der Waals surface area contributed by atoms with Crippen LogP contribution in [0.3, 0.4) is 0 Å². The van der Waals surface area contributed by atoms with Crippen molar-refractivity contribution in [1.82, 2.24) is 15.1 Å². The lowest BCUT2D eigenvalue weighted by molar-refractivity contribution is 0.0821. The van der Waals surface area contributed by atoms with E-state index in [1.165, 1.54) is 30.6 Å². The van der Waals surface area contributed by atoms with E-state index >= 15 is 0 Å². The van der Waals surface area contributed by atoms with Crippen molar-refractivity contribution in [2.45, 2.75) is 25.7 Å². The van der Waals surface area contributed by atoms with Gasteiger partial charge in [0, 0.05) is 20.6 Å². The first kappa shape index (κ1) is 12.8. The van der Waals surface area contributed by atoms with Gasteiger partial charge in [-0.1, -0.05) is 19.3 Å². The van der Waals surface area contributed by atoms with Gasteiger partial charge in [-0.2, -0.15) is 0 Å². The summed E-state index contributed by atoms with van der Waals surface area (Å²) >= 11 is 0. The van der Waals surface area contributed by atoms with Gasteiger partial charge in [0.2, 0.25) is 0 Å². The van der Waals surface area contributed by atoms with Crippen LogP contribution in [0.5, 0.6) is 0 Å². The Kier molecular flexibility index (Phi) is 4.12. The number of rotatable bonds is 5. The Labute approximate surface area is 108 Å². The van der Waals surface area contributed by atoms with E-state index in [-0.39, 0.29) is 5.91 Å². The van der Waals surface area contributed by atoms with Crippen LogP contribution in [-0.2, 0) is 0 Å². The first-order valence-electron chi connectivity index (χ1n) is 6.46. The fraction of sp³-hybridized carbons (Fsp3) is 0.615. The molecule has 2 rings (SSSR count). The summed E-state index contributed by atoms with van der Waals surface area (Å²) in [5.41, 5.74) is 0.379. The largest absolute Gasteiger partial charge is 0.369 e. The Balaban J connectivity index is 1.81. The third kappa shape index (κ3) is 3.18. The summed E-state index contributed by atoms with van der Waals surface area (Å²) in [5, 5.41) is 11.2. The van der Waals surface area contributed by atoms with Crippen LogP contribution >= 0.6 is 0 Å². The Morgan fingerprint density at radius 3 is 2.67 bits per heavy atom. The van der Waals surface area contributed by atoms with E-state index < -0.39 is 0 Å². The number of hydrogen-bond donors (Lipinski definition) is 1. The molecule has 0 unspecified atom stereocenters. The molecule has 0 bridgehead atoms. The smallest absolute Gasteiger partial charge is 0.273 e. The minimum Gasteiger partial charge on any atom is -0.369 e. The summed E-state index contributed by atoms with van der Waals surface area (Å²) in [6.07, 6.45) is 5.30. The zero-order chi connectivity index (χ0) is 13.0. The van der Waals surface area contributed by atoms with Crippen molar-refractivity contribution in [3.05, 3.63) is 17.8 Å². The third-order valence-electron chi connectivity index (χ3n) is 3.37. The minimum atomic E-state index is -0.122. The highest BCUT2D eigenvalue weighted by Crippen LogP contribution is 2.28. The molecule has 1 aliphatic carbocycles. The molecule has 98 valence electrons. The summed E-state index contributed by atoms with van der Waals surface area (Å²) < 4.78 is 0. The van der Waals surface area contributed by atoms with Gasteiger partial charge in [-0.25, -0.2) is 0 Å². The van der Waals surface area contributed by atoms with Crippen LogP contribution in [-0.4, -0.2) is 41.6 Å². The fourth-order valence-electron chi connectivity index (χ4n) is 1.96. The molecule has 0 spiro atoms. The maximum Gasteiger partial charge on any atom is 0.273 e. The Bertz CT molecular complexity index is 398. The van der Waals surface area contributed by atoms with E-state index in [1.54, 1.807) is 20.2 Å². The predicted molar refractivity (Wildman–Crippen MR) is 70.5 cm³/mol. The maximum absolute atomic E-state index is 11.6. The third-order valence-corrected chi connectivity index (χ3v) is 3.37. The second-order valence-corrected chi connectivity index (χ2v) is 5.02. The normalized spacial score (nSPS) is 15.0. The molecule has 18 heavy (non-hydrogen) atoms. The van der Waals surface area contributed by atoms with E-state index in [2.05, 4.69) is 15.5 Å². The maximum atomic E-state index is 11.6. The average molecular weight is 248 g/mol. The van der Waals surface area contributed by atoms with Crippen molar-refractivity contribution in [2.75, 3.05) is 26.0 Å². The van der Waals surface area contributed by atoms with Crippen molar-refractivity contribution in [3.8, 4) is 0 Å². The zero-order valence-electron chi connectivity index (χ0n) is 11.0. The number of anilines is 1. The van der Waals surface area contributed by atoms with Crippen LogP contribution in [0.4, 0.5) is 5.82 Å². The summed E-state index contributed by atoms with van der Waals surface area (Å²) in [4.78, 5) is 13.1. The minimum absolute atomic E-state index is 0.122. The second kappa shape index (κ2) is 5.80. The average Bonchev–Trinajstić information content (AvgIpc) is 2.32. The molecule has 1 aliphatic rings. The molecule has 1 amide bonds.